The summed E-state index contributed by atoms with van der Waals surface area (Å²) in [5.41, 5.74) is 1.05. The summed E-state index contributed by atoms with van der Waals surface area (Å²) in [6, 6.07) is 5.74. The molecule has 0 aliphatic carbocycles. The Morgan fingerprint density at radius 2 is 1.88 bits per heavy atom. The van der Waals surface area contributed by atoms with Crippen molar-refractivity contribution in [1.82, 2.24) is 0 Å². The number of rotatable bonds is 5. The van der Waals surface area contributed by atoms with E-state index in [1.165, 1.54) is 0 Å². The van der Waals surface area contributed by atoms with Crippen LogP contribution in [0.2, 0.25) is 0 Å². The second-order valence-corrected chi connectivity index (χ2v) is 4.20. The highest BCUT2D eigenvalue weighted by atomic mass is 16.5. The molecule has 0 aliphatic heterocycles. The van der Waals surface area contributed by atoms with Gasteiger partial charge in [0.05, 0.1) is 19.3 Å². The van der Waals surface area contributed by atoms with Gasteiger partial charge >= 0.3 is 0 Å². The Hall–Kier alpha value is -1.22. The first-order valence-corrected chi connectivity index (χ1v) is 5.54. The Labute approximate surface area is 97.0 Å². The Bertz CT molecular complexity index is 332. The molecule has 1 unspecified atom stereocenters. The summed E-state index contributed by atoms with van der Waals surface area (Å²) in [6.45, 7) is 5.72. The third-order valence-electron chi connectivity index (χ3n) is 2.12. The molecular formula is C13H20O3. The highest BCUT2D eigenvalue weighted by molar-refractivity contribution is 5.43. The number of hydrogen-bond acceptors (Lipinski definition) is 3. The highest BCUT2D eigenvalue weighted by Crippen LogP contribution is 2.29. The normalized spacial score (nSPS) is 12.6. The molecule has 0 saturated carbocycles. The number of hydrogen-bond donors (Lipinski definition) is 1. The van der Waals surface area contributed by atoms with Crippen LogP contribution in [0.1, 0.15) is 26.3 Å². The maximum Gasteiger partial charge on any atom is 0.161 e. The Kier molecular flexibility index (Phi) is 4.62. The van der Waals surface area contributed by atoms with Crippen molar-refractivity contribution in [1.29, 1.82) is 0 Å². The molecule has 0 saturated heterocycles. The van der Waals surface area contributed by atoms with E-state index in [1.54, 1.807) is 14.0 Å². The van der Waals surface area contributed by atoms with Crippen molar-refractivity contribution in [2.45, 2.75) is 39.4 Å². The van der Waals surface area contributed by atoms with E-state index in [0.29, 0.717) is 6.42 Å². The van der Waals surface area contributed by atoms with Crippen LogP contribution in [0.4, 0.5) is 0 Å². The van der Waals surface area contributed by atoms with E-state index in [0.717, 1.165) is 17.1 Å². The van der Waals surface area contributed by atoms with Crippen LogP contribution in [0.5, 0.6) is 11.5 Å². The average molecular weight is 224 g/mol. The zero-order valence-corrected chi connectivity index (χ0v) is 10.4. The number of aliphatic hydroxyl groups excluding tert-OH is 1. The van der Waals surface area contributed by atoms with E-state index < -0.39 is 0 Å². The van der Waals surface area contributed by atoms with Crippen molar-refractivity contribution in [3.63, 3.8) is 0 Å². The molecule has 3 nitrogen and oxygen atoms in total. The lowest BCUT2D eigenvalue weighted by molar-refractivity contribution is 0.195. The maximum absolute atomic E-state index is 9.33. The molecule has 0 fully saturated rings. The Morgan fingerprint density at radius 3 is 2.38 bits per heavy atom. The topological polar surface area (TPSA) is 38.7 Å². The van der Waals surface area contributed by atoms with E-state index in [1.807, 2.05) is 32.0 Å². The lowest BCUT2D eigenvalue weighted by atomic mass is 10.1. The molecule has 0 spiro atoms. The standard InChI is InChI=1S/C13H20O3/c1-9(2)16-13-8-11(7-10(3)14)5-6-12(13)15-4/h5-6,8-10,14H,7H2,1-4H3. The summed E-state index contributed by atoms with van der Waals surface area (Å²) < 4.78 is 10.9. The van der Waals surface area contributed by atoms with E-state index in [4.69, 9.17) is 9.47 Å². The predicted octanol–water partition coefficient (Wildman–Crippen LogP) is 2.41. The number of methoxy groups -OCH3 is 1. The van der Waals surface area contributed by atoms with Gasteiger partial charge in [-0.25, -0.2) is 0 Å². The van der Waals surface area contributed by atoms with Crippen molar-refractivity contribution in [3.05, 3.63) is 23.8 Å². The van der Waals surface area contributed by atoms with E-state index in [9.17, 15) is 5.11 Å². The summed E-state index contributed by atoms with van der Waals surface area (Å²) >= 11 is 0. The fraction of sp³-hybridized carbons (Fsp3) is 0.538. The second-order valence-electron chi connectivity index (χ2n) is 4.20. The van der Waals surface area contributed by atoms with Gasteiger partial charge in [-0.1, -0.05) is 6.07 Å². The van der Waals surface area contributed by atoms with E-state index in [-0.39, 0.29) is 12.2 Å². The summed E-state index contributed by atoms with van der Waals surface area (Å²) in [4.78, 5) is 0. The first-order valence-electron chi connectivity index (χ1n) is 5.54. The van der Waals surface area contributed by atoms with Crippen LogP contribution >= 0.6 is 0 Å². The molecule has 1 aromatic rings. The summed E-state index contributed by atoms with van der Waals surface area (Å²) in [5.74, 6) is 1.46. The van der Waals surface area contributed by atoms with Crippen LogP contribution in [0, 0.1) is 0 Å². The number of aliphatic hydroxyl groups is 1. The summed E-state index contributed by atoms with van der Waals surface area (Å²) in [5, 5.41) is 9.33. The zero-order chi connectivity index (χ0) is 12.1. The van der Waals surface area contributed by atoms with Gasteiger partial charge in [-0.3, -0.25) is 0 Å². The number of ether oxygens (including phenoxy) is 2. The fourth-order valence-corrected chi connectivity index (χ4v) is 1.54. The van der Waals surface area contributed by atoms with Gasteiger partial charge < -0.3 is 14.6 Å². The smallest absolute Gasteiger partial charge is 0.161 e. The highest BCUT2D eigenvalue weighted by Gasteiger charge is 2.08. The van der Waals surface area contributed by atoms with Gasteiger partial charge in [0.2, 0.25) is 0 Å². The molecule has 1 N–H and O–H groups in total. The third kappa shape index (κ3) is 3.74. The molecule has 90 valence electrons. The molecular weight excluding hydrogens is 204 g/mol. The van der Waals surface area contributed by atoms with Crippen LogP contribution in [0.25, 0.3) is 0 Å². The van der Waals surface area contributed by atoms with Gasteiger partial charge in [-0.05, 0) is 44.9 Å². The minimum Gasteiger partial charge on any atom is -0.493 e. The molecule has 1 rings (SSSR count). The van der Waals surface area contributed by atoms with Gasteiger partial charge in [0.25, 0.3) is 0 Å². The summed E-state index contributed by atoms with van der Waals surface area (Å²) in [6.07, 6.45) is 0.384. The molecule has 1 atom stereocenters. The number of benzene rings is 1. The van der Waals surface area contributed by atoms with Crippen LogP contribution in [-0.4, -0.2) is 24.4 Å². The lowest BCUT2D eigenvalue weighted by Gasteiger charge is -2.15. The minimum absolute atomic E-state index is 0.107. The van der Waals surface area contributed by atoms with Gasteiger partial charge in [0.15, 0.2) is 11.5 Å². The predicted molar refractivity (Wildman–Crippen MR) is 64.1 cm³/mol. The van der Waals surface area contributed by atoms with Crippen LogP contribution in [0.3, 0.4) is 0 Å². The Morgan fingerprint density at radius 1 is 1.19 bits per heavy atom. The van der Waals surface area contributed by atoms with Crippen molar-refractivity contribution in [3.8, 4) is 11.5 Å². The molecule has 0 amide bonds. The molecule has 1 aromatic carbocycles. The molecule has 0 bridgehead atoms. The van der Waals surface area contributed by atoms with Gasteiger partial charge in [-0.15, -0.1) is 0 Å². The minimum atomic E-state index is -0.347. The molecule has 16 heavy (non-hydrogen) atoms. The van der Waals surface area contributed by atoms with Crippen molar-refractivity contribution in [2.75, 3.05) is 7.11 Å². The first kappa shape index (κ1) is 12.8. The van der Waals surface area contributed by atoms with Gasteiger partial charge in [0.1, 0.15) is 0 Å². The maximum atomic E-state index is 9.33. The molecule has 0 radical (unpaired) electrons. The van der Waals surface area contributed by atoms with E-state index in [2.05, 4.69) is 0 Å². The Balaban J connectivity index is 2.91. The first-order chi connectivity index (χ1) is 7.52. The quantitative estimate of drug-likeness (QED) is 0.834. The van der Waals surface area contributed by atoms with Crippen molar-refractivity contribution < 1.29 is 14.6 Å². The van der Waals surface area contributed by atoms with E-state index >= 15 is 0 Å². The molecule has 3 heteroatoms. The van der Waals surface area contributed by atoms with Crippen LogP contribution in [0.15, 0.2) is 18.2 Å². The largest absolute Gasteiger partial charge is 0.493 e. The van der Waals surface area contributed by atoms with Crippen molar-refractivity contribution >= 4 is 0 Å². The van der Waals surface area contributed by atoms with Gasteiger partial charge in [0, 0.05) is 0 Å². The second kappa shape index (κ2) is 5.75. The van der Waals surface area contributed by atoms with Crippen molar-refractivity contribution in [2.24, 2.45) is 0 Å². The van der Waals surface area contributed by atoms with Gasteiger partial charge in [-0.2, -0.15) is 0 Å². The lowest BCUT2D eigenvalue weighted by Crippen LogP contribution is -2.08. The third-order valence-corrected chi connectivity index (χ3v) is 2.12. The zero-order valence-electron chi connectivity index (χ0n) is 10.4. The molecule has 0 heterocycles. The SMILES string of the molecule is COc1ccc(CC(C)O)cc1OC(C)C. The van der Waals surface area contributed by atoms with Crippen LogP contribution < -0.4 is 9.47 Å². The summed E-state index contributed by atoms with van der Waals surface area (Å²) in [7, 11) is 1.62. The van der Waals surface area contributed by atoms with Crippen LogP contribution in [-0.2, 0) is 6.42 Å². The molecule has 0 aromatic heterocycles. The molecule has 0 aliphatic rings. The average Bonchev–Trinajstić information content (AvgIpc) is 2.16. The monoisotopic (exact) mass is 224 g/mol. The fourth-order valence-electron chi connectivity index (χ4n) is 1.54.